The van der Waals surface area contributed by atoms with Gasteiger partial charge < -0.3 is 20.4 Å². The minimum Gasteiger partial charge on any atom is -0.383 e. The highest BCUT2D eigenvalue weighted by molar-refractivity contribution is 6.31. The summed E-state index contributed by atoms with van der Waals surface area (Å²) in [6, 6.07) is 9.45. The molecule has 0 atom stereocenters. The number of anilines is 3. The van der Waals surface area contributed by atoms with E-state index < -0.39 is 0 Å². The van der Waals surface area contributed by atoms with E-state index in [2.05, 4.69) is 42.3 Å². The molecule has 9 heteroatoms. The number of hydrogen-bond donors (Lipinski definition) is 2. The average molecular weight is 446 g/mol. The first-order valence-corrected chi connectivity index (χ1v) is 10.9. The Bertz CT molecular complexity index is 1010. The van der Waals surface area contributed by atoms with E-state index in [1.165, 1.54) is 0 Å². The number of benzene rings is 1. The fourth-order valence-corrected chi connectivity index (χ4v) is 3.91. The second-order valence-corrected chi connectivity index (χ2v) is 7.99. The zero-order valence-electron chi connectivity index (χ0n) is 16.9. The molecule has 0 bridgehead atoms. The second kappa shape index (κ2) is 9.64. The number of pyridine rings is 1. The Hall–Kier alpha value is -2.35. The van der Waals surface area contributed by atoms with Crippen LogP contribution in [0.3, 0.4) is 0 Å². The predicted molar refractivity (Wildman–Crippen MR) is 125 cm³/mol. The van der Waals surface area contributed by atoms with Crippen LogP contribution in [0.2, 0.25) is 10.2 Å². The number of rotatable bonds is 7. The van der Waals surface area contributed by atoms with Crippen molar-refractivity contribution in [2.75, 3.05) is 61.3 Å². The molecular weight excluding hydrogens is 421 g/mol. The molecule has 0 amide bonds. The van der Waals surface area contributed by atoms with Crippen molar-refractivity contribution >= 4 is 51.6 Å². The summed E-state index contributed by atoms with van der Waals surface area (Å²) in [4.78, 5) is 18.1. The Morgan fingerprint density at radius 1 is 0.967 bits per heavy atom. The maximum absolute atomic E-state index is 6.25. The molecule has 3 heterocycles. The molecule has 1 aliphatic rings. The molecule has 7 nitrogen and oxygen atoms in total. The van der Waals surface area contributed by atoms with Gasteiger partial charge in [0.25, 0.3) is 0 Å². The summed E-state index contributed by atoms with van der Waals surface area (Å²) in [5.74, 6) is 1.42. The molecule has 1 fully saturated rings. The van der Waals surface area contributed by atoms with E-state index in [4.69, 9.17) is 23.2 Å². The van der Waals surface area contributed by atoms with Gasteiger partial charge in [0.1, 0.15) is 11.0 Å². The van der Waals surface area contributed by atoms with Crippen LogP contribution < -0.4 is 15.5 Å². The molecule has 0 unspecified atom stereocenters. The zero-order valence-corrected chi connectivity index (χ0v) is 18.4. The highest BCUT2D eigenvalue weighted by atomic mass is 35.5. The number of halogens is 2. The van der Waals surface area contributed by atoms with Crippen LogP contribution in [0.1, 0.15) is 6.92 Å². The highest BCUT2D eigenvalue weighted by Gasteiger charge is 2.18. The fraction of sp³-hybridized carbons (Fsp3) is 0.381. The minimum absolute atomic E-state index is 0.449. The Kier molecular flexibility index (Phi) is 6.72. The number of aromatic nitrogens is 3. The van der Waals surface area contributed by atoms with Crippen molar-refractivity contribution in [3.63, 3.8) is 0 Å². The van der Waals surface area contributed by atoms with E-state index in [0.29, 0.717) is 29.2 Å². The van der Waals surface area contributed by atoms with Gasteiger partial charge in [-0.2, -0.15) is 4.98 Å². The van der Waals surface area contributed by atoms with Gasteiger partial charge in [-0.05, 0) is 30.8 Å². The van der Waals surface area contributed by atoms with Crippen molar-refractivity contribution in [1.29, 1.82) is 0 Å². The van der Waals surface area contributed by atoms with Crippen molar-refractivity contribution in [2.24, 2.45) is 0 Å². The first kappa shape index (κ1) is 20.9. The Balaban J connectivity index is 1.35. The lowest BCUT2D eigenvalue weighted by atomic mass is 10.2. The molecule has 1 aliphatic heterocycles. The number of nitrogens with one attached hydrogen (secondary N) is 2. The number of hydrogen-bond acceptors (Lipinski definition) is 7. The summed E-state index contributed by atoms with van der Waals surface area (Å²) in [7, 11) is 0. The Morgan fingerprint density at radius 3 is 2.57 bits per heavy atom. The summed E-state index contributed by atoms with van der Waals surface area (Å²) < 4.78 is 0. The first-order chi connectivity index (χ1) is 14.6. The van der Waals surface area contributed by atoms with Crippen LogP contribution in [0.4, 0.5) is 17.5 Å². The van der Waals surface area contributed by atoms with E-state index in [1.54, 1.807) is 12.3 Å². The molecular formula is C21H25Cl2N7. The third-order valence-corrected chi connectivity index (χ3v) is 5.67. The van der Waals surface area contributed by atoms with E-state index in [-0.39, 0.29) is 0 Å². The normalized spacial score (nSPS) is 14.8. The van der Waals surface area contributed by atoms with Gasteiger partial charge in [-0.1, -0.05) is 30.1 Å². The van der Waals surface area contributed by atoms with E-state index in [9.17, 15) is 0 Å². The number of piperazine rings is 1. The molecule has 0 aliphatic carbocycles. The molecule has 1 saturated heterocycles. The molecule has 0 radical (unpaired) electrons. The topological polar surface area (TPSA) is 69.2 Å². The van der Waals surface area contributed by atoms with Gasteiger partial charge in [-0.15, -0.1) is 0 Å². The number of nitrogens with zero attached hydrogens (tertiary/aromatic N) is 5. The maximum Gasteiger partial charge on any atom is 0.228 e. The van der Waals surface area contributed by atoms with Gasteiger partial charge >= 0.3 is 0 Å². The molecule has 4 rings (SSSR count). The summed E-state index contributed by atoms with van der Waals surface area (Å²) in [5, 5.41) is 8.96. The molecule has 30 heavy (non-hydrogen) atoms. The van der Waals surface area contributed by atoms with Gasteiger partial charge in [-0.3, -0.25) is 4.98 Å². The van der Waals surface area contributed by atoms with Crippen LogP contribution in [0.25, 0.3) is 10.9 Å². The van der Waals surface area contributed by atoms with E-state index in [1.807, 2.05) is 24.3 Å². The van der Waals surface area contributed by atoms with Gasteiger partial charge in [0.2, 0.25) is 5.95 Å². The summed E-state index contributed by atoms with van der Waals surface area (Å²) >= 11 is 12.3. The molecule has 3 aromatic rings. The molecule has 2 aromatic heterocycles. The number of fused-ring (bicyclic) bond motifs is 1. The van der Waals surface area contributed by atoms with Crippen molar-refractivity contribution < 1.29 is 0 Å². The van der Waals surface area contributed by atoms with Gasteiger partial charge in [0, 0.05) is 67.6 Å². The summed E-state index contributed by atoms with van der Waals surface area (Å²) in [6.07, 6.45) is 1.78. The molecule has 0 saturated carbocycles. The first-order valence-electron chi connectivity index (χ1n) is 10.2. The van der Waals surface area contributed by atoms with Crippen LogP contribution in [-0.2, 0) is 0 Å². The standard InChI is InChI=1S/C21H25Cl2N7/c1-2-29-9-11-30(12-10-29)21-27-19(23)14-20(28-21)26-8-7-25-17-5-6-24-18-13-15(22)3-4-16(17)18/h3-6,13-14H,2,7-12H2,1H3,(H,24,25)(H,26,27,28). The average Bonchev–Trinajstić information content (AvgIpc) is 2.76. The van der Waals surface area contributed by atoms with Crippen LogP contribution in [-0.4, -0.2) is 65.7 Å². The van der Waals surface area contributed by atoms with E-state index >= 15 is 0 Å². The SMILES string of the molecule is CCN1CCN(c2nc(Cl)cc(NCCNc3ccnc4cc(Cl)ccc34)n2)CC1. The minimum atomic E-state index is 0.449. The molecule has 0 spiro atoms. The fourth-order valence-electron chi connectivity index (χ4n) is 3.56. The predicted octanol–water partition coefficient (Wildman–Crippen LogP) is 4.00. The zero-order chi connectivity index (χ0) is 20.9. The number of likely N-dealkylation sites (N-methyl/N-ethyl adjacent to an activating group) is 1. The van der Waals surface area contributed by atoms with Crippen molar-refractivity contribution in [3.05, 3.63) is 46.7 Å². The summed E-state index contributed by atoms with van der Waals surface area (Å²) in [6.45, 7) is 8.52. The van der Waals surface area contributed by atoms with Crippen molar-refractivity contribution in [2.45, 2.75) is 6.92 Å². The maximum atomic E-state index is 6.25. The Labute approximate surface area is 186 Å². The van der Waals surface area contributed by atoms with Crippen LogP contribution in [0, 0.1) is 0 Å². The lowest BCUT2D eigenvalue weighted by Crippen LogP contribution is -2.46. The van der Waals surface area contributed by atoms with Crippen LogP contribution >= 0.6 is 23.2 Å². The van der Waals surface area contributed by atoms with Crippen molar-refractivity contribution in [3.8, 4) is 0 Å². The third kappa shape index (κ3) is 5.03. The van der Waals surface area contributed by atoms with Crippen LogP contribution in [0.5, 0.6) is 0 Å². The monoisotopic (exact) mass is 445 g/mol. The largest absolute Gasteiger partial charge is 0.383 e. The lowest BCUT2D eigenvalue weighted by Gasteiger charge is -2.34. The molecule has 158 valence electrons. The van der Waals surface area contributed by atoms with Gasteiger partial charge in [0.15, 0.2) is 0 Å². The van der Waals surface area contributed by atoms with Gasteiger partial charge in [0.05, 0.1) is 5.52 Å². The van der Waals surface area contributed by atoms with Crippen molar-refractivity contribution in [1.82, 2.24) is 19.9 Å². The molecule has 1 aromatic carbocycles. The van der Waals surface area contributed by atoms with Crippen LogP contribution in [0.15, 0.2) is 36.5 Å². The Morgan fingerprint density at radius 2 is 1.77 bits per heavy atom. The highest BCUT2D eigenvalue weighted by Crippen LogP contribution is 2.24. The quantitative estimate of drug-likeness (QED) is 0.420. The van der Waals surface area contributed by atoms with Gasteiger partial charge in [-0.25, -0.2) is 4.98 Å². The van der Waals surface area contributed by atoms with E-state index in [0.717, 1.165) is 55.1 Å². The summed E-state index contributed by atoms with van der Waals surface area (Å²) in [5.41, 5.74) is 1.89. The third-order valence-electron chi connectivity index (χ3n) is 5.24. The lowest BCUT2D eigenvalue weighted by molar-refractivity contribution is 0.270. The second-order valence-electron chi connectivity index (χ2n) is 7.17. The smallest absolute Gasteiger partial charge is 0.228 e. The molecule has 2 N–H and O–H groups in total.